The zero-order chi connectivity index (χ0) is 16.9. The Morgan fingerprint density at radius 1 is 1.08 bits per heavy atom. The summed E-state index contributed by atoms with van der Waals surface area (Å²) in [5.74, 6) is 0.208. The van der Waals surface area contributed by atoms with E-state index in [4.69, 9.17) is 5.73 Å². The molecular formula is C18H21N3O2S. The fourth-order valence-corrected chi connectivity index (χ4v) is 3.76. The smallest absolute Gasteiger partial charge is 0.265 e. The van der Waals surface area contributed by atoms with Crippen molar-refractivity contribution in [3.8, 4) is 0 Å². The fourth-order valence-electron chi connectivity index (χ4n) is 3.14. The van der Waals surface area contributed by atoms with Crippen molar-refractivity contribution in [1.82, 2.24) is 0 Å². The number of nitrogens with two attached hydrogens (primary N) is 1. The number of hydrogen-bond acceptors (Lipinski definition) is 4. The summed E-state index contributed by atoms with van der Waals surface area (Å²) in [6, 6.07) is 10.8. The molecule has 0 radical (unpaired) electrons. The molecule has 1 aliphatic rings. The van der Waals surface area contributed by atoms with Gasteiger partial charge in [-0.05, 0) is 61.0 Å². The third kappa shape index (κ3) is 3.83. The molecule has 24 heavy (non-hydrogen) atoms. The Balaban J connectivity index is 1.58. The Morgan fingerprint density at radius 2 is 1.79 bits per heavy atom. The molecule has 0 bridgehead atoms. The number of carbonyl (C=O) groups is 2. The number of thiophene rings is 1. The summed E-state index contributed by atoms with van der Waals surface area (Å²) in [6.45, 7) is 0.561. The molecule has 0 aliphatic heterocycles. The van der Waals surface area contributed by atoms with E-state index in [0.717, 1.165) is 24.9 Å². The molecule has 1 saturated carbocycles. The normalized spacial score (nSPS) is 19.9. The standard InChI is InChI=1S/C18H21N3O2S/c19-11-12-3-1-4-15(12)17(22)20-13-6-8-14(9-7-13)21-18(23)16-5-2-10-24-16/h2,5-10,12,15H,1,3-4,11,19H2,(H,20,22)(H,21,23)/t12-,15-/m1/s1. The summed E-state index contributed by atoms with van der Waals surface area (Å²) in [7, 11) is 0. The van der Waals surface area contributed by atoms with Crippen LogP contribution in [-0.2, 0) is 4.79 Å². The Hall–Kier alpha value is -2.18. The number of hydrogen-bond donors (Lipinski definition) is 3. The van der Waals surface area contributed by atoms with Crippen molar-refractivity contribution >= 4 is 34.5 Å². The summed E-state index contributed by atoms with van der Waals surface area (Å²) in [5, 5.41) is 7.66. The van der Waals surface area contributed by atoms with Crippen molar-refractivity contribution in [2.24, 2.45) is 17.6 Å². The number of anilines is 2. The van der Waals surface area contributed by atoms with Gasteiger partial charge in [-0.3, -0.25) is 9.59 Å². The third-order valence-corrected chi connectivity index (χ3v) is 5.32. The minimum atomic E-state index is -0.126. The van der Waals surface area contributed by atoms with E-state index in [2.05, 4.69) is 10.6 Å². The Labute approximate surface area is 145 Å². The highest BCUT2D eigenvalue weighted by Crippen LogP contribution is 2.32. The van der Waals surface area contributed by atoms with Gasteiger partial charge in [-0.15, -0.1) is 11.3 Å². The molecule has 3 rings (SSSR count). The molecule has 1 heterocycles. The van der Waals surface area contributed by atoms with E-state index >= 15 is 0 Å². The van der Waals surface area contributed by atoms with E-state index in [1.807, 2.05) is 11.4 Å². The summed E-state index contributed by atoms with van der Waals surface area (Å²) < 4.78 is 0. The van der Waals surface area contributed by atoms with E-state index in [1.165, 1.54) is 11.3 Å². The van der Waals surface area contributed by atoms with Crippen molar-refractivity contribution in [3.63, 3.8) is 0 Å². The number of rotatable bonds is 5. The first-order valence-electron chi connectivity index (χ1n) is 8.13. The molecule has 2 aromatic rings. The van der Waals surface area contributed by atoms with Gasteiger partial charge in [0.25, 0.3) is 5.91 Å². The maximum absolute atomic E-state index is 12.4. The monoisotopic (exact) mass is 343 g/mol. The maximum Gasteiger partial charge on any atom is 0.265 e. The van der Waals surface area contributed by atoms with E-state index in [-0.39, 0.29) is 23.7 Å². The van der Waals surface area contributed by atoms with Crippen LogP contribution in [0.5, 0.6) is 0 Å². The molecule has 6 heteroatoms. The molecule has 1 aliphatic carbocycles. The number of amides is 2. The van der Waals surface area contributed by atoms with Crippen molar-refractivity contribution in [3.05, 3.63) is 46.7 Å². The summed E-state index contributed by atoms with van der Waals surface area (Å²) >= 11 is 1.40. The van der Waals surface area contributed by atoms with Crippen LogP contribution in [0, 0.1) is 11.8 Å². The zero-order valence-corrected chi connectivity index (χ0v) is 14.1. The lowest BCUT2D eigenvalue weighted by Gasteiger charge is -2.17. The predicted molar refractivity (Wildman–Crippen MR) is 97.2 cm³/mol. The summed E-state index contributed by atoms with van der Waals surface area (Å²) in [5.41, 5.74) is 7.18. The Bertz CT molecular complexity index is 698. The lowest BCUT2D eigenvalue weighted by atomic mass is 9.95. The molecule has 2 atom stereocenters. The molecule has 1 fully saturated rings. The molecule has 1 aromatic carbocycles. The third-order valence-electron chi connectivity index (χ3n) is 4.45. The number of nitrogens with one attached hydrogen (secondary N) is 2. The maximum atomic E-state index is 12.4. The van der Waals surface area contributed by atoms with Crippen LogP contribution in [0.4, 0.5) is 11.4 Å². The van der Waals surface area contributed by atoms with Crippen molar-refractivity contribution in [1.29, 1.82) is 0 Å². The Morgan fingerprint density at radius 3 is 2.42 bits per heavy atom. The topological polar surface area (TPSA) is 84.2 Å². The van der Waals surface area contributed by atoms with Crippen LogP contribution < -0.4 is 16.4 Å². The fraction of sp³-hybridized carbons (Fsp3) is 0.333. The first-order valence-corrected chi connectivity index (χ1v) is 9.01. The van der Waals surface area contributed by atoms with E-state index in [9.17, 15) is 9.59 Å². The molecule has 1 aromatic heterocycles. The SMILES string of the molecule is NC[C@H]1CCC[C@H]1C(=O)Nc1ccc(NC(=O)c2cccs2)cc1. The van der Waals surface area contributed by atoms with E-state index in [0.29, 0.717) is 17.1 Å². The van der Waals surface area contributed by atoms with Crippen molar-refractivity contribution in [2.75, 3.05) is 17.2 Å². The van der Waals surface area contributed by atoms with Crippen LogP contribution in [0.1, 0.15) is 28.9 Å². The van der Waals surface area contributed by atoms with Crippen LogP contribution in [0.15, 0.2) is 41.8 Å². The highest BCUT2D eigenvalue weighted by Gasteiger charge is 2.31. The Kier molecular flexibility index (Phi) is 5.27. The first kappa shape index (κ1) is 16.7. The number of benzene rings is 1. The van der Waals surface area contributed by atoms with Crippen LogP contribution >= 0.6 is 11.3 Å². The average Bonchev–Trinajstić information content (AvgIpc) is 3.28. The molecule has 5 nitrogen and oxygen atoms in total. The largest absolute Gasteiger partial charge is 0.330 e. The molecule has 126 valence electrons. The molecule has 0 saturated heterocycles. The van der Waals surface area contributed by atoms with Crippen LogP contribution in [-0.4, -0.2) is 18.4 Å². The lowest BCUT2D eigenvalue weighted by Crippen LogP contribution is -2.29. The predicted octanol–water partition coefficient (Wildman–Crippen LogP) is 3.31. The van der Waals surface area contributed by atoms with Gasteiger partial charge in [-0.2, -0.15) is 0 Å². The second-order valence-electron chi connectivity index (χ2n) is 6.03. The second-order valence-corrected chi connectivity index (χ2v) is 6.98. The highest BCUT2D eigenvalue weighted by atomic mass is 32.1. The van der Waals surface area contributed by atoms with Gasteiger partial charge in [0.1, 0.15) is 0 Å². The molecule has 0 unspecified atom stereocenters. The molecule has 4 N–H and O–H groups in total. The van der Waals surface area contributed by atoms with Gasteiger partial charge in [0.15, 0.2) is 0 Å². The first-order chi connectivity index (χ1) is 11.7. The van der Waals surface area contributed by atoms with Gasteiger partial charge in [0.05, 0.1) is 4.88 Å². The summed E-state index contributed by atoms with van der Waals surface area (Å²) in [4.78, 5) is 25.0. The average molecular weight is 343 g/mol. The van der Waals surface area contributed by atoms with Gasteiger partial charge < -0.3 is 16.4 Å². The van der Waals surface area contributed by atoms with Crippen LogP contribution in [0.2, 0.25) is 0 Å². The molecule has 0 spiro atoms. The minimum absolute atomic E-state index is 0.00760. The highest BCUT2D eigenvalue weighted by molar-refractivity contribution is 7.12. The van der Waals surface area contributed by atoms with Gasteiger partial charge in [-0.25, -0.2) is 0 Å². The van der Waals surface area contributed by atoms with Crippen LogP contribution in [0.25, 0.3) is 0 Å². The number of carbonyl (C=O) groups excluding carboxylic acids is 2. The van der Waals surface area contributed by atoms with E-state index < -0.39 is 0 Å². The quantitative estimate of drug-likeness (QED) is 0.779. The molecular weight excluding hydrogens is 322 g/mol. The lowest BCUT2D eigenvalue weighted by molar-refractivity contribution is -0.120. The zero-order valence-electron chi connectivity index (χ0n) is 13.3. The van der Waals surface area contributed by atoms with Gasteiger partial charge in [0, 0.05) is 17.3 Å². The van der Waals surface area contributed by atoms with E-state index in [1.54, 1.807) is 30.3 Å². The minimum Gasteiger partial charge on any atom is -0.330 e. The second kappa shape index (κ2) is 7.59. The van der Waals surface area contributed by atoms with Gasteiger partial charge in [0.2, 0.25) is 5.91 Å². The summed E-state index contributed by atoms with van der Waals surface area (Å²) in [6.07, 6.45) is 3.00. The van der Waals surface area contributed by atoms with Gasteiger partial charge in [-0.1, -0.05) is 12.5 Å². The van der Waals surface area contributed by atoms with Crippen molar-refractivity contribution < 1.29 is 9.59 Å². The van der Waals surface area contributed by atoms with Crippen LogP contribution in [0.3, 0.4) is 0 Å². The van der Waals surface area contributed by atoms with Gasteiger partial charge >= 0.3 is 0 Å². The van der Waals surface area contributed by atoms with Crippen molar-refractivity contribution in [2.45, 2.75) is 19.3 Å². The molecule has 2 amide bonds.